The summed E-state index contributed by atoms with van der Waals surface area (Å²) in [5.41, 5.74) is 4.49. The lowest BCUT2D eigenvalue weighted by molar-refractivity contribution is 0.198. The van der Waals surface area contributed by atoms with Gasteiger partial charge in [-0.3, -0.25) is 4.90 Å². The van der Waals surface area contributed by atoms with Gasteiger partial charge >= 0.3 is 0 Å². The lowest BCUT2D eigenvalue weighted by Gasteiger charge is -2.30. The van der Waals surface area contributed by atoms with Gasteiger partial charge < -0.3 is 4.42 Å². The van der Waals surface area contributed by atoms with Gasteiger partial charge in [-0.05, 0) is 56.8 Å². The van der Waals surface area contributed by atoms with Crippen LogP contribution in [-0.4, -0.2) is 42.8 Å². The summed E-state index contributed by atoms with van der Waals surface area (Å²) in [4.78, 5) is 6.84. The van der Waals surface area contributed by atoms with E-state index in [2.05, 4.69) is 26.1 Å². The summed E-state index contributed by atoms with van der Waals surface area (Å²) in [6, 6.07) is 2.17. The fraction of sp³-hybridized carbons (Fsp3) is 0.556. The number of aryl methyl sites for hydroxylation is 3. The molecule has 3 aromatic heterocycles. The van der Waals surface area contributed by atoms with Crippen LogP contribution in [0.15, 0.2) is 16.7 Å². The summed E-state index contributed by atoms with van der Waals surface area (Å²) in [6.07, 6.45) is 7.34. The molecule has 25 heavy (non-hydrogen) atoms. The Kier molecular flexibility index (Phi) is 3.55. The van der Waals surface area contributed by atoms with Gasteiger partial charge in [-0.15, -0.1) is 10.2 Å². The number of aromatic nitrogens is 5. The third kappa shape index (κ3) is 2.72. The van der Waals surface area contributed by atoms with E-state index in [4.69, 9.17) is 9.52 Å². The highest BCUT2D eigenvalue weighted by molar-refractivity contribution is 5.43. The lowest BCUT2D eigenvalue weighted by Crippen LogP contribution is -2.33. The van der Waals surface area contributed by atoms with Gasteiger partial charge in [-0.25, -0.2) is 4.98 Å². The predicted molar refractivity (Wildman–Crippen MR) is 91.3 cm³/mol. The van der Waals surface area contributed by atoms with Crippen LogP contribution in [0.1, 0.15) is 53.8 Å². The third-order valence-corrected chi connectivity index (χ3v) is 5.45. The number of hydrogen-bond acceptors (Lipinski definition) is 6. The highest BCUT2D eigenvalue weighted by atomic mass is 16.3. The first-order valence-corrected chi connectivity index (χ1v) is 9.14. The van der Waals surface area contributed by atoms with Gasteiger partial charge in [0.05, 0.1) is 11.4 Å². The molecule has 2 aliphatic rings. The van der Waals surface area contributed by atoms with Crippen molar-refractivity contribution in [1.82, 2.24) is 29.7 Å². The van der Waals surface area contributed by atoms with Gasteiger partial charge in [0.25, 0.3) is 0 Å². The Bertz CT molecular complexity index is 906. The Balaban J connectivity index is 1.31. The molecule has 0 radical (unpaired) electrons. The molecule has 1 fully saturated rings. The van der Waals surface area contributed by atoms with Crippen molar-refractivity contribution in [3.05, 3.63) is 41.0 Å². The Morgan fingerprint density at radius 3 is 2.88 bits per heavy atom. The average molecular weight is 338 g/mol. The fourth-order valence-corrected chi connectivity index (χ4v) is 4.11. The van der Waals surface area contributed by atoms with Gasteiger partial charge in [0.15, 0.2) is 17.4 Å². The van der Waals surface area contributed by atoms with Gasteiger partial charge in [0.2, 0.25) is 0 Å². The number of piperidine rings is 1. The second-order valence-electron chi connectivity index (χ2n) is 7.21. The molecule has 0 saturated carbocycles. The van der Waals surface area contributed by atoms with Crippen LogP contribution < -0.4 is 0 Å². The first-order chi connectivity index (χ1) is 12.3. The number of nitrogens with zero attached hydrogens (tertiary/aromatic N) is 6. The van der Waals surface area contributed by atoms with Crippen molar-refractivity contribution in [2.45, 2.75) is 51.5 Å². The summed E-state index contributed by atoms with van der Waals surface area (Å²) in [6.45, 7) is 4.82. The Labute approximate surface area is 146 Å². The molecule has 3 aromatic rings. The molecule has 7 nitrogen and oxygen atoms in total. The topological polar surface area (TPSA) is 72.4 Å². The molecule has 0 amide bonds. The Hall–Kier alpha value is -2.28. The summed E-state index contributed by atoms with van der Waals surface area (Å²) >= 11 is 0. The molecule has 5 rings (SSSR count). The zero-order valence-corrected chi connectivity index (χ0v) is 14.5. The van der Waals surface area contributed by atoms with E-state index in [1.165, 1.54) is 17.7 Å². The fourth-order valence-electron chi connectivity index (χ4n) is 4.11. The molecule has 0 unspecified atom stereocenters. The molecule has 0 aromatic carbocycles. The van der Waals surface area contributed by atoms with Gasteiger partial charge in [0.1, 0.15) is 6.26 Å². The molecule has 0 spiro atoms. The summed E-state index contributed by atoms with van der Waals surface area (Å²) in [7, 11) is 0. The molecular weight excluding hydrogens is 316 g/mol. The van der Waals surface area contributed by atoms with Crippen LogP contribution in [0.4, 0.5) is 0 Å². The van der Waals surface area contributed by atoms with Crippen molar-refractivity contribution >= 4 is 5.65 Å². The first-order valence-electron chi connectivity index (χ1n) is 9.14. The van der Waals surface area contributed by atoms with E-state index in [-0.39, 0.29) is 0 Å². The summed E-state index contributed by atoms with van der Waals surface area (Å²) in [5, 5.41) is 13.7. The van der Waals surface area contributed by atoms with Crippen LogP contribution in [0, 0.1) is 6.92 Å². The van der Waals surface area contributed by atoms with E-state index in [1.54, 1.807) is 6.26 Å². The van der Waals surface area contributed by atoms with E-state index in [0.29, 0.717) is 5.92 Å². The number of oxazole rings is 1. The molecule has 0 N–H and O–H groups in total. The second kappa shape index (κ2) is 5.91. The molecular formula is C18H22N6O. The van der Waals surface area contributed by atoms with E-state index < -0.39 is 0 Å². The largest absolute Gasteiger partial charge is 0.449 e. The second-order valence-corrected chi connectivity index (χ2v) is 7.21. The maximum Gasteiger partial charge on any atom is 0.191 e. The average Bonchev–Trinajstić information content (AvgIpc) is 3.33. The van der Waals surface area contributed by atoms with Crippen molar-refractivity contribution in [3.8, 4) is 0 Å². The van der Waals surface area contributed by atoms with Crippen molar-refractivity contribution in [3.63, 3.8) is 0 Å². The summed E-state index contributed by atoms with van der Waals surface area (Å²) < 4.78 is 7.29. The Morgan fingerprint density at radius 2 is 2.08 bits per heavy atom. The predicted octanol–water partition coefficient (Wildman–Crippen LogP) is 2.29. The maximum absolute atomic E-state index is 5.30. The molecule has 0 atom stereocenters. The standard InChI is InChI=1S/C18H22N6O/c1-12-19-15(11-25-12)10-23-7-5-13(6-8-23)18-21-20-17-9-14-3-2-4-16(14)22-24(17)18/h9,11,13H,2-8,10H2,1H3. The van der Waals surface area contributed by atoms with E-state index in [0.717, 1.165) is 68.4 Å². The van der Waals surface area contributed by atoms with Crippen LogP contribution in [0.5, 0.6) is 0 Å². The highest BCUT2D eigenvalue weighted by Crippen LogP contribution is 2.29. The molecule has 4 heterocycles. The monoisotopic (exact) mass is 338 g/mol. The lowest BCUT2D eigenvalue weighted by atomic mass is 9.96. The number of hydrogen-bond donors (Lipinski definition) is 0. The summed E-state index contributed by atoms with van der Waals surface area (Å²) in [5.74, 6) is 2.19. The van der Waals surface area contributed by atoms with Gasteiger partial charge in [-0.1, -0.05) is 0 Å². The van der Waals surface area contributed by atoms with Crippen molar-refractivity contribution in [2.75, 3.05) is 13.1 Å². The SMILES string of the molecule is Cc1nc(CN2CCC(c3nnc4cc5c(nn34)CCC5)CC2)co1. The quantitative estimate of drug-likeness (QED) is 0.729. The number of rotatable bonds is 3. The van der Waals surface area contributed by atoms with Crippen LogP contribution in [0.3, 0.4) is 0 Å². The smallest absolute Gasteiger partial charge is 0.191 e. The van der Waals surface area contributed by atoms with Crippen molar-refractivity contribution < 1.29 is 4.42 Å². The molecule has 1 saturated heterocycles. The normalized spacial score (nSPS) is 18.9. The van der Waals surface area contributed by atoms with E-state index >= 15 is 0 Å². The number of likely N-dealkylation sites (tertiary alicyclic amines) is 1. The number of fused-ring (bicyclic) bond motifs is 2. The van der Waals surface area contributed by atoms with Crippen LogP contribution in [-0.2, 0) is 19.4 Å². The highest BCUT2D eigenvalue weighted by Gasteiger charge is 2.26. The zero-order chi connectivity index (χ0) is 16.8. The maximum atomic E-state index is 5.30. The van der Waals surface area contributed by atoms with Crippen molar-refractivity contribution in [1.29, 1.82) is 0 Å². The molecule has 130 valence electrons. The van der Waals surface area contributed by atoms with Crippen LogP contribution in [0.25, 0.3) is 5.65 Å². The first kappa shape index (κ1) is 15.0. The molecule has 1 aliphatic heterocycles. The Morgan fingerprint density at radius 1 is 1.20 bits per heavy atom. The van der Waals surface area contributed by atoms with Crippen molar-refractivity contribution in [2.24, 2.45) is 0 Å². The minimum Gasteiger partial charge on any atom is -0.449 e. The molecule has 1 aliphatic carbocycles. The van der Waals surface area contributed by atoms with Crippen LogP contribution in [0.2, 0.25) is 0 Å². The third-order valence-electron chi connectivity index (χ3n) is 5.45. The molecule has 7 heteroatoms. The molecule has 0 bridgehead atoms. The minimum atomic E-state index is 0.428. The zero-order valence-electron chi connectivity index (χ0n) is 14.5. The van der Waals surface area contributed by atoms with E-state index in [9.17, 15) is 0 Å². The van der Waals surface area contributed by atoms with E-state index in [1.807, 2.05) is 11.4 Å². The van der Waals surface area contributed by atoms with Gasteiger partial charge in [0, 0.05) is 19.4 Å². The minimum absolute atomic E-state index is 0.428. The van der Waals surface area contributed by atoms with Gasteiger partial charge in [-0.2, -0.15) is 9.61 Å². The van der Waals surface area contributed by atoms with Crippen LogP contribution >= 0.6 is 0 Å².